The molecule has 2 saturated carbocycles. The van der Waals surface area contributed by atoms with E-state index >= 15 is 0 Å². The van der Waals surface area contributed by atoms with E-state index in [2.05, 4.69) is 5.32 Å². The second-order valence-electron chi connectivity index (χ2n) is 5.39. The molecule has 3 N–H and O–H groups in total. The highest BCUT2D eigenvalue weighted by Gasteiger charge is 2.40. The minimum absolute atomic E-state index is 0.854. The summed E-state index contributed by atoms with van der Waals surface area (Å²) >= 11 is 0. The van der Waals surface area contributed by atoms with Crippen LogP contribution in [0.25, 0.3) is 0 Å². The SMILES string of the molecule is NCCCCCNCC(C1CC1)C1CC1. The van der Waals surface area contributed by atoms with Gasteiger partial charge in [0.05, 0.1) is 0 Å². The van der Waals surface area contributed by atoms with Gasteiger partial charge in [0.1, 0.15) is 0 Å². The first-order valence-corrected chi connectivity index (χ1v) is 6.82. The van der Waals surface area contributed by atoms with Gasteiger partial charge in [-0.3, -0.25) is 0 Å². The molecule has 2 nitrogen and oxygen atoms in total. The third-order valence-corrected chi connectivity index (χ3v) is 3.89. The standard InChI is InChI=1S/C13H26N2/c14-8-2-1-3-9-15-10-13(11-4-5-11)12-6-7-12/h11-13,15H,1-10,14H2. The molecule has 0 aromatic heterocycles. The van der Waals surface area contributed by atoms with Gasteiger partial charge in [-0.25, -0.2) is 0 Å². The molecule has 2 rings (SSSR count). The van der Waals surface area contributed by atoms with Crippen LogP contribution in [0.5, 0.6) is 0 Å². The number of rotatable bonds is 9. The topological polar surface area (TPSA) is 38.0 Å². The molecule has 2 fully saturated rings. The van der Waals surface area contributed by atoms with Crippen LogP contribution in [0.3, 0.4) is 0 Å². The van der Waals surface area contributed by atoms with E-state index in [9.17, 15) is 0 Å². The molecule has 2 aliphatic carbocycles. The molecule has 0 radical (unpaired) electrons. The molecule has 15 heavy (non-hydrogen) atoms. The van der Waals surface area contributed by atoms with Crippen LogP contribution in [-0.2, 0) is 0 Å². The molecule has 0 aromatic rings. The molecular weight excluding hydrogens is 184 g/mol. The Morgan fingerprint density at radius 1 is 1.00 bits per heavy atom. The Morgan fingerprint density at radius 3 is 2.20 bits per heavy atom. The molecule has 0 aromatic carbocycles. The second-order valence-corrected chi connectivity index (χ2v) is 5.39. The maximum absolute atomic E-state index is 5.47. The maximum atomic E-state index is 5.47. The van der Waals surface area contributed by atoms with Crippen LogP contribution in [0.1, 0.15) is 44.9 Å². The lowest BCUT2D eigenvalue weighted by Gasteiger charge is -2.16. The van der Waals surface area contributed by atoms with Crippen LogP contribution in [0.2, 0.25) is 0 Å². The molecular formula is C13H26N2. The zero-order chi connectivity index (χ0) is 10.5. The minimum atomic E-state index is 0.854. The lowest BCUT2D eigenvalue weighted by molar-refractivity contribution is 0.377. The van der Waals surface area contributed by atoms with Gasteiger partial charge in [0.15, 0.2) is 0 Å². The van der Waals surface area contributed by atoms with Crippen molar-refractivity contribution in [2.45, 2.75) is 44.9 Å². The van der Waals surface area contributed by atoms with Crippen LogP contribution in [0.15, 0.2) is 0 Å². The summed E-state index contributed by atoms with van der Waals surface area (Å²) in [5, 5.41) is 3.65. The lowest BCUT2D eigenvalue weighted by atomic mass is 9.98. The van der Waals surface area contributed by atoms with E-state index in [1.165, 1.54) is 58.0 Å². The molecule has 0 atom stereocenters. The van der Waals surface area contributed by atoms with Gasteiger partial charge in [0.25, 0.3) is 0 Å². The summed E-state index contributed by atoms with van der Waals surface area (Å²) in [5.74, 6) is 3.21. The van der Waals surface area contributed by atoms with Crippen molar-refractivity contribution in [1.82, 2.24) is 5.32 Å². The summed E-state index contributed by atoms with van der Waals surface area (Å²) in [6, 6.07) is 0. The molecule has 0 heterocycles. The summed E-state index contributed by atoms with van der Waals surface area (Å²) in [5.41, 5.74) is 5.47. The Labute approximate surface area is 94.0 Å². The predicted octanol–water partition coefficient (Wildman–Crippen LogP) is 2.14. The van der Waals surface area contributed by atoms with E-state index in [1.807, 2.05) is 0 Å². The number of nitrogens with one attached hydrogen (secondary N) is 1. The number of unbranched alkanes of at least 4 members (excludes halogenated alkanes) is 2. The molecule has 0 bridgehead atoms. The average Bonchev–Trinajstić information content (AvgIpc) is 3.09. The zero-order valence-electron chi connectivity index (χ0n) is 9.88. The highest BCUT2D eigenvalue weighted by molar-refractivity contribution is 4.92. The molecule has 2 aliphatic rings. The normalized spacial score (nSPS) is 21.2. The van der Waals surface area contributed by atoms with Crippen molar-refractivity contribution in [1.29, 1.82) is 0 Å². The number of nitrogens with two attached hydrogens (primary N) is 1. The summed E-state index contributed by atoms with van der Waals surface area (Å²) in [6.07, 6.45) is 9.83. The van der Waals surface area contributed by atoms with Crippen LogP contribution in [0.4, 0.5) is 0 Å². The van der Waals surface area contributed by atoms with Crippen LogP contribution < -0.4 is 11.1 Å². The van der Waals surface area contributed by atoms with Gasteiger partial charge in [-0.1, -0.05) is 6.42 Å². The van der Waals surface area contributed by atoms with Crippen molar-refractivity contribution >= 4 is 0 Å². The van der Waals surface area contributed by atoms with Crippen LogP contribution >= 0.6 is 0 Å². The minimum Gasteiger partial charge on any atom is -0.330 e. The Kier molecular flexibility index (Phi) is 4.45. The van der Waals surface area contributed by atoms with E-state index in [4.69, 9.17) is 5.73 Å². The van der Waals surface area contributed by atoms with Crippen LogP contribution in [-0.4, -0.2) is 19.6 Å². The number of hydrogen-bond acceptors (Lipinski definition) is 2. The van der Waals surface area contributed by atoms with Crippen LogP contribution in [0, 0.1) is 17.8 Å². The molecule has 0 spiro atoms. The number of hydrogen-bond donors (Lipinski definition) is 2. The highest BCUT2D eigenvalue weighted by Crippen LogP contribution is 2.48. The van der Waals surface area contributed by atoms with Crippen molar-refractivity contribution in [3.63, 3.8) is 0 Å². The second kappa shape index (κ2) is 5.86. The van der Waals surface area contributed by atoms with Gasteiger partial charge < -0.3 is 11.1 Å². The third-order valence-electron chi connectivity index (χ3n) is 3.89. The van der Waals surface area contributed by atoms with E-state index in [-0.39, 0.29) is 0 Å². The van der Waals surface area contributed by atoms with Gasteiger partial charge in [-0.05, 0) is 75.9 Å². The lowest BCUT2D eigenvalue weighted by Crippen LogP contribution is -2.26. The molecule has 0 saturated heterocycles. The van der Waals surface area contributed by atoms with Crippen molar-refractivity contribution in [2.24, 2.45) is 23.5 Å². The summed E-state index contributed by atoms with van der Waals surface area (Å²) in [7, 11) is 0. The van der Waals surface area contributed by atoms with E-state index in [1.54, 1.807) is 0 Å². The van der Waals surface area contributed by atoms with E-state index < -0.39 is 0 Å². The van der Waals surface area contributed by atoms with Gasteiger partial charge in [-0.15, -0.1) is 0 Å². The van der Waals surface area contributed by atoms with Crippen molar-refractivity contribution < 1.29 is 0 Å². The first-order valence-electron chi connectivity index (χ1n) is 6.82. The van der Waals surface area contributed by atoms with Crippen molar-refractivity contribution in [3.8, 4) is 0 Å². The third kappa shape index (κ3) is 4.12. The first-order chi connectivity index (χ1) is 7.42. The van der Waals surface area contributed by atoms with Gasteiger partial charge in [0, 0.05) is 0 Å². The largest absolute Gasteiger partial charge is 0.330 e. The average molecular weight is 210 g/mol. The zero-order valence-corrected chi connectivity index (χ0v) is 9.88. The van der Waals surface area contributed by atoms with Gasteiger partial charge in [-0.2, -0.15) is 0 Å². The molecule has 88 valence electrons. The fraction of sp³-hybridized carbons (Fsp3) is 1.00. The van der Waals surface area contributed by atoms with Crippen molar-refractivity contribution in [2.75, 3.05) is 19.6 Å². The smallest absolute Gasteiger partial charge is 0.00152 e. The van der Waals surface area contributed by atoms with Gasteiger partial charge >= 0.3 is 0 Å². The van der Waals surface area contributed by atoms with Gasteiger partial charge in [0.2, 0.25) is 0 Å². The molecule has 0 amide bonds. The highest BCUT2D eigenvalue weighted by atomic mass is 14.9. The van der Waals surface area contributed by atoms with E-state index in [0.29, 0.717) is 0 Å². The Bertz CT molecular complexity index is 161. The molecule has 2 heteroatoms. The summed E-state index contributed by atoms with van der Waals surface area (Å²) in [6.45, 7) is 3.35. The Balaban J connectivity index is 1.48. The maximum Gasteiger partial charge on any atom is -0.00152 e. The molecule has 0 aliphatic heterocycles. The Morgan fingerprint density at radius 2 is 1.67 bits per heavy atom. The predicted molar refractivity (Wildman–Crippen MR) is 64.7 cm³/mol. The Hall–Kier alpha value is -0.0800. The quantitative estimate of drug-likeness (QED) is 0.572. The molecule has 0 unspecified atom stereocenters. The fourth-order valence-corrected chi connectivity index (χ4v) is 2.61. The summed E-state index contributed by atoms with van der Waals surface area (Å²) < 4.78 is 0. The van der Waals surface area contributed by atoms with Crippen molar-refractivity contribution in [3.05, 3.63) is 0 Å². The monoisotopic (exact) mass is 210 g/mol. The van der Waals surface area contributed by atoms with E-state index in [0.717, 1.165) is 24.3 Å². The first kappa shape index (κ1) is 11.4. The summed E-state index contributed by atoms with van der Waals surface area (Å²) in [4.78, 5) is 0. The fourth-order valence-electron chi connectivity index (χ4n) is 2.61.